The van der Waals surface area contributed by atoms with Gasteiger partial charge in [0, 0.05) is 29.9 Å². The number of rotatable bonds is 4. The zero-order chi connectivity index (χ0) is 21.8. The maximum absolute atomic E-state index is 13.3. The molecule has 0 unspecified atom stereocenters. The van der Waals surface area contributed by atoms with Gasteiger partial charge in [0.25, 0.3) is 5.91 Å². The summed E-state index contributed by atoms with van der Waals surface area (Å²) >= 11 is 0. The minimum atomic E-state index is -0.162. The first-order valence-corrected chi connectivity index (χ1v) is 10.7. The number of para-hydroxylation sites is 2. The molecule has 7 nitrogen and oxygen atoms in total. The van der Waals surface area contributed by atoms with E-state index < -0.39 is 0 Å². The molecule has 5 aromatic rings. The molecule has 158 valence electrons. The van der Waals surface area contributed by atoms with Crippen molar-refractivity contribution in [2.75, 3.05) is 5.32 Å². The van der Waals surface area contributed by atoms with Gasteiger partial charge in [-0.2, -0.15) is 5.10 Å². The van der Waals surface area contributed by atoms with Crippen molar-refractivity contribution < 1.29 is 9.21 Å². The summed E-state index contributed by atoms with van der Waals surface area (Å²) in [5, 5.41) is 8.31. The number of anilines is 1. The molecule has 1 amide bonds. The summed E-state index contributed by atoms with van der Waals surface area (Å²) in [4.78, 5) is 22.6. The topological polar surface area (TPSA) is 85.8 Å². The van der Waals surface area contributed by atoms with Gasteiger partial charge in [0.05, 0.1) is 16.6 Å². The van der Waals surface area contributed by atoms with Gasteiger partial charge in [-0.3, -0.25) is 9.48 Å². The molecule has 0 spiro atoms. The number of pyridine rings is 1. The van der Waals surface area contributed by atoms with Gasteiger partial charge < -0.3 is 9.73 Å². The van der Waals surface area contributed by atoms with Gasteiger partial charge in [0.1, 0.15) is 5.52 Å². The van der Waals surface area contributed by atoms with E-state index in [0.29, 0.717) is 23.1 Å². The van der Waals surface area contributed by atoms with Gasteiger partial charge in [-0.1, -0.05) is 12.1 Å². The minimum Gasteiger partial charge on any atom is -0.436 e. The molecule has 2 aromatic carbocycles. The van der Waals surface area contributed by atoms with Crippen molar-refractivity contribution in [2.45, 2.75) is 25.7 Å². The largest absolute Gasteiger partial charge is 0.436 e. The normalized spacial score (nSPS) is 13.7. The number of carbonyl (C=O) groups is 1. The summed E-state index contributed by atoms with van der Waals surface area (Å²) in [7, 11) is 1.87. The van der Waals surface area contributed by atoms with Crippen LogP contribution in [0.1, 0.15) is 40.5 Å². The predicted molar refractivity (Wildman–Crippen MR) is 123 cm³/mol. The molecule has 6 rings (SSSR count). The van der Waals surface area contributed by atoms with Crippen LogP contribution in [0.4, 0.5) is 5.69 Å². The molecule has 1 N–H and O–H groups in total. The van der Waals surface area contributed by atoms with Gasteiger partial charge in [0.15, 0.2) is 11.2 Å². The maximum Gasteiger partial charge on any atom is 0.256 e. The summed E-state index contributed by atoms with van der Waals surface area (Å²) in [5.41, 5.74) is 6.26. The van der Waals surface area contributed by atoms with Crippen LogP contribution >= 0.6 is 0 Å². The third-order valence-corrected chi connectivity index (χ3v) is 5.91. The number of nitrogens with one attached hydrogen (secondary N) is 1. The summed E-state index contributed by atoms with van der Waals surface area (Å²) < 4.78 is 7.59. The average molecular weight is 423 g/mol. The van der Waals surface area contributed by atoms with Crippen LogP contribution in [0.2, 0.25) is 0 Å². The highest BCUT2D eigenvalue weighted by atomic mass is 16.3. The smallest absolute Gasteiger partial charge is 0.256 e. The van der Waals surface area contributed by atoms with E-state index in [-0.39, 0.29) is 5.91 Å². The quantitative estimate of drug-likeness (QED) is 0.429. The van der Waals surface area contributed by atoms with Crippen molar-refractivity contribution in [3.8, 4) is 11.5 Å². The second-order valence-electron chi connectivity index (χ2n) is 8.29. The summed E-state index contributed by atoms with van der Waals surface area (Å²) in [6.45, 7) is 1.91. The Balaban J connectivity index is 1.31. The van der Waals surface area contributed by atoms with E-state index in [1.54, 1.807) is 4.68 Å². The predicted octanol–water partition coefficient (Wildman–Crippen LogP) is 5.21. The van der Waals surface area contributed by atoms with Crippen molar-refractivity contribution in [3.63, 3.8) is 0 Å². The average Bonchev–Trinajstić information content (AvgIpc) is 3.50. The zero-order valence-corrected chi connectivity index (χ0v) is 17.8. The molecule has 0 radical (unpaired) electrons. The molecule has 1 fully saturated rings. The molecule has 3 heterocycles. The number of aromatic nitrogens is 4. The third kappa shape index (κ3) is 3.13. The Morgan fingerprint density at radius 3 is 2.62 bits per heavy atom. The van der Waals surface area contributed by atoms with Crippen LogP contribution in [0.15, 0.2) is 59.0 Å². The molecule has 7 heteroatoms. The van der Waals surface area contributed by atoms with Crippen LogP contribution in [-0.2, 0) is 7.05 Å². The van der Waals surface area contributed by atoms with E-state index in [4.69, 9.17) is 9.40 Å². The Labute approximate surface area is 184 Å². The number of hydrogen-bond acceptors (Lipinski definition) is 5. The van der Waals surface area contributed by atoms with Crippen LogP contribution in [0.25, 0.3) is 33.6 Å². The molecule has 3 aromatic heterocycles. The lowest BCUT2D eigenvalue weighted by molar-refractivity contribution is 0.102. The fraction of sp³-hybridized carbons (Fsp3) is 0.200. The summed E-state index contributed by atoms with van der Waals surface area (Å²) in [6, 6.07) is 17.1. The van der Waals surface area contributed by atoms with Crippen LogP contribution in [0.3, 0.4) is 0 Å². The summed E-state index contributed by atoms with van der Waals surface area (Å²) in [5.74, 6) is 0.835. The number of aryl methyl sites for hydroxylation is 2. The van der Waals surface area contributed by atoms with E-state index in [1.807, 2.05) is 68.6 Å². The van der Waals surface area contributed by atoms with E-state index in [9.17, 15) is 4.79 Å². The molecule has 0 atom stereocenters. The van der Waals surface area contributed by atoms with Gasteiger partial charge in [-0.05, 0) is 62.2 Å². The van der Waals surface area contributed by atoms with E-state index in [2.05, 4.69) is 15.4 Å². The molecular weight excluding hydrogens is 402 g/mol. The SMILES string of the molecule is Cc1nn(C)c2nc(C3CC3)cc(C(=O)Nc3ccc(-c4nc5ccccc5o4)cc3)c12. The highest BCUT2D eigenvalue weighted by Gasteiger charge is 2.28. The lowest BCUT2D eigenvalue weighted by atomic mass is 10.1. The minimum absolute atomic E-state index is 0.162. The molecule has 1 saturated carbocycles. The monoisotopic (exact) mass is 423 g/mol. The second-order valence-corrected chi connectivity index (χ2v) is 8.29. The summed E-state index contributed by atoms with van der Waals surface area (Å²) in [6.07, 6.45) is 2.24. The lowest BCUT2D eigenvalue weighted by Gasteiger charge is -2.09. The van der Waals surface area contributed by atoms with Crippen LogP contribution in [0, 0.1) is 6.92 Å². The molecule has 32 heavy (non-hydrogen) atoms. The van der Waals surface area contributed by atoms with Gasteiger partial charge in [-0.25, -0.2) is 9.97 Å². The highest BCUT2D eigenvalue weighted by Crippen LogP contribution is 2.40. The van der Waals surface area contributed by atoms with Crippen molar-refractivity contribution >= 4 is 33.7 Å². The Morgan fingerprint density at radius 1 is 1.09 bits per heavy atom. The van der Waals surface area contributed by atoms with Crippen LogP contribution in [0.5, 0.6) is 0 Å². The first-order valence-electron chi connectivity index (χ1n) is 10.7. The number of hydrogen-bond donors (Lipinski definition) is 1. The fourth-order valence-corrected chi connectivity index (χ4v) is 4.12. The van der Waals surface area contributed by atoms with Crippen molar-refractivity contribution in [2.24, 2.45) is 7.05 Å². The number of benzene rings is 2. The second kappa shape index (κ2) is 7.02. The molecular formula is C25H21N5O2. The third-order valence-electron chi connectivity index (χ3n) is 5.91. The Bertz CT molecular complexity index is 1460. The van der Waals surface area contributed by atoms with Crippen LogP contribution < -0.4 is 5.32 Å². The zero-order valence-electron chi connectivity index (χ0n) is 17.8. The molecule has 0 aliphatic heterocycles. The number of fused-ring (bicyclic) bond motifs is 2. The Hall–Kier alpha value is -4.00. The lowest BCUT2D eigenvalue weighted by Crippen LogP contribution is -2.13. The van der Waals surface area contributed by atoms with E-state index >= 15 is 0 Å². The van der Waals surface area contributed by atoms with Gasteiger partial charge in [-0.15, -0.1) is 0 Å². The van der Waals surface area contributed by atoms with Crippen molar-refractivity contribution in [3.05, 3.63) is 71.5 Å². The van der Waals surface area contributed by atoms with Gasteiger partial charge in [0.2, 0.25) is 5.89 Å². The Morgan fingerprint density at radius 2 is 1.88 bits per heavy atom. The standard InChI is InChI=1S/C25H21N5O2/c1-14-22-18(13-20(15-7-8-15)27-23(22)30(2)29-14)24(31)26-17-11-9-16(10-12-17)25-28-19-5-3-4-6-21(19)32-25/h3-6,9-13,15H,7-8H2,1-2H3,(H,26,31). The number of oxazole rings is 1. The van der Waals surface area contributed by atoms with Gasteiger partial charge >= 0.3 is 0 Å². The van der Waals surface area contributed by atoms with E-state index in [0.717, 1.165) is 51.9 Å². The number of amides is 1. The van der Waals surface area contributed by atoms with Crippen LogP contribution in [-0.4, -0.2) is 25.7 Å². The Kier molecular flexibility index (Phi) is 4.11. The molecule has 1 aliphatic carbocycles. The first-order chi connectivity index (χ1) is 15.6. The molecule has 1 aliphatic rings. The fourth-order valence-electron chi connectivity index (χ4n) is 4.12. The molecule has 0 saturated heterocycles. The van der Waals surface area contributed by atoms with Crippen molar-refractivity contribution in [1.82, 2.24) is 19.7 Å². The van der Waals surface area contributed by atoms with Crippen molar-refractivity contribution in [1.29, 1.82) is 0 Å². The highest BCUT2D eigenvalue weighted by molar-refractivity contribution is 6.12. The maximum atomic E-state index is 13.3. The number of nitrogens with zero attached hydrogens (tertiary/aromatic N) is 4. The first kappa shape index (κ1) is 18.7. The molecule has 0 bridgehead atoms. The number of carbonyl (C=O) groups excluding carboxylic acids is 1. The van der Waals surface area contributed by atoms with E-state index in [1.165, 1.54) is 0 Å².